The summed E-state index contributed by atoms with van der Waals surface area (Å²) in [5, 5.41) is 13.6. The van der Waals surface area contributed by atoms with E-state index in [1.54, 1.807) is 6.07 Å². The molecule has 0 aliphatic heterocycles. The summed E-state index contributed by atoms with van der Waals surface area (Å²) in [6, 6.07) is 1.68. The first-order valence-electron chi connectivity index (χ1n) is 5.73. The minimum Gasteiger partial charge on any atom is -0.387 e. The van der Waals surface area contributed by atoms with Gasteiger partial charge < -0.3 is 16.2 Å². The summed E-state index contributed by atoms with van der Waals surface area (Å²) in [6.07, 6.45) is -0.612. The van der Waals surface area contributed by atoms with E-state index in [0.717, 1.165) is 12.1 Å². The van der Waals surface area contributed by atoms with Crippen LogP contribution in [-0.4, -0.2) is 23.2 Å². The Bertz CT molecular complexity index is 382. The predicted molar refractivity (Wildman–Crippen MR) is 71.1 cm³/mol. The van der Waals surface area contributed by atoms with Crippen molar-refractivity contribution in [2.45, 2.75) is 26.9 Å². The van der Waals surface area contributed by atoms with Crippen LogP contribution in [0, 0.1) is 12.8 Å². The largest absolute Gasteiger partial charge is 0.387 e. The first-order valence-corrected chi connectivity index (χ1v) is 6.11. The Labute approximate surface area is 107 Å². The molecule has 0 aliphatic rings. The van der Waals surface area contributed by atoms with E-state index >= 15 is 0 Å². The molecule has 1 aromatic rings. The number of nitrogen functional groups attached to an aromatic ring is 1. The van der Waals surface area contributed by atoms with Gasteiger partial charge in [-0.05, 0) is 25.5 Å². The number of aliphatic hydroxyl groups is 1. The van der Waals surface area contributed by atoms with Gasteiger partial charge in [0.15, 0.2) is 0 Å². The highest BCUT2D eigenvalue weighted by molar-refractivity contribution is 6.32. The minimum absolute atomic E-state index is 0.301. The summed E-state index contributed by atoms with van der Waals surface area (Å²) >= 11 is 5.90. The zero-order chi connectivity index (χ0) is 13.0. The van der Waals surface area contributed by atoms with Gasteiger partial charge in [0.2, 0.25) is 0 Å². The van der Waals surface area contributed by atoms with Crippen molar-refractivity contribution >= 4 is 17.4 Å². The van der Waals surface area contributed by atoms with Crippen LogP contribution in [0.2, 0.25) is 5.02 Å². The molecule has 0 saturated carbocycles. The number of hydrogen-bond acceptors (Lipinski definition) is 4. The topological polar surface area (TPSA) is 71.2 Å². The van der Waals surface area contributed by atoms with Gasteiger partial charge in [-0.1, -0.05) is 25.4 Å². The van der Waals surface area contributed by atoms with E-state index in [-0.39, 0.29) is 0 Å². The van der Waals surface area contributed by atoms with Crippen LogP contribution in [0.1, 0.15) is 31.2 Å². The number of pyridine rings is 1. The molecule has 1 rings (SSSR count). The van der Waals surface area contributed by atoms with E-state index in [2.05, 4.69) is 24.1 Å². The number of anilines is 1. The zero-order valence-electron chi connectivity index (χ0n) is 10.5. The Balaban J connectivity index is 2.68. The lowest BCUT2D eigenvalue weighted by Gasteiger charge is -2.16. The van der Waals surface area contributed by atoms with Gasteiger partial charge in [-0.25, -0.2) is 4.98 Å². The molecule has 0 amide bonds. The SMILES string of the molecule is Cc1nc(N)c(Cl)cc1[C@@H](O)CNCC(C)C. The number of aryl methyl sites for hydroxylation is 1. The number of nitrogens with zero attached hydrogens (tertiary/aromatic N) is 1. The van der Waals surface area contributed by atoms with E-state index < -0.39 is 6.10 Å². The normalized spacial score (nSPS) is 13.1. The molecule has 0 spiro atoms. The molecule has 1 aromatic heterocycles. The lowest BCUT2D eigenvalue weighted by molar-refractivity contribution is 0.172. The number of nitrogens with one attached hydrogen (secondary N) is 1. The summed E-state index contributed by atoms with van der Waals surface area (Å²) in [6.45, 7) is 7.40. The van der Waals surface area contributed by atoms with Crippen LogP contribution in [0.15, 0.2) is 6.07 Å². The van der Waals surface area contributed by atoms with E-state index in [9.17, 15) is 5.11 Å². The minimum atomic E-state index is -0.612. The number of aliphatic hydroxyl groups excluding tert-OH is 1. The molecular weight excluding hydrogens is 238 g/mol. The fourth-order valence-corrected chi connectivity index (χ4v) is 1.73. The van der Waals surface area contributed by atoms with Crippen LogP contribution >= 0.6 is 11.6 Å². The molecule has 1 atom stereocenters. The molecule has 0 radical (unpaired) electrons. The lowest BCUT2D eigenvalue weighted by Crippen LogP contribution is -2.25. The van der Waals surface area contributed by atoms with Crippen molar-refractivity contribution < 1.29 is 5.11 Å². The first-order chi connectivity index (χ1) is 7.91. The monoisotopic (exact) mass is 257 g/mol. The predicted octanol–water partition coefficient (Wildman–Crippen LogP) is 1.90. The van der Waals surface area contributed by atoms with Crippen LogP contribution in [0.5, 0.6) is 0 Å². The summed E-state index contributed by atoms with van der Waals surface area (Å²) in [5.74, 6) is 0.853. The maximum Gasteiger partial charge on any atom is 0.142 e. The van der Waals surface area contributed by atoms with Crippen LogP contribution in [0.4, 0.5) is 5.82 Å². The summed E-state index contributed by atoms with van der Waals surface area (Å²) < 4.78 is 0. The number of rotatable bonds is 5. The summed E-state index contributed by atoms with van der Waals surface area (Å²) in [7, 11) is 0. The highest BCUT2D eigenvalue weighted by Gasteiger charge is 2.13. The molecule has 1 heterocycles. The van der Waals surface area contributed by atoms with Crippen molar-refractivity contribution in [1.82, 2.24) is 10.3 Å². The quantitative estimate of drug-likeness (QED) is 0.754. The Morgan fingerprint density at radius 3 is 2.71 bits per heavy atom. The van der Waals surface area contributed by atoms with Gasteiger partial charge in [-0.3, -0.25) is 0 Å². The summed E-state index contributed by atoms with van der Waals surface area (Å²) in [4.78, 5) is 4.10. The van der Waals surface area contributed by atoms with Gasteiger partial charge in [-0.15, -0.1) is 0 Å². The Morgan fingerprint density at radius 1 is 1.47 bits per heavy atom. The number of hydrogen-bond donors (Lipinski definition) is 3. The number of halogens is 1. The number of nitrogens with two attached hydrogens (primary N) is 1. The van der Waals surface area contributed by atoms with Crippen molar-refractivity contribution in [2.75, 3.05) is 18.8 Å². The molecule has 0 saturated heterocycles. The van der Waals surface area contributed by atoms with Gasteiger partial charge in [0.25, 0.3) is 0 Å². The molecule has 5 heteroatoms. The highest BCUT2D eigenvalue weighted by Crippen LogP contribution is 2.24. The van der Waals surface area contributed by atoms with E-state index in [0.29, 0.717) is 29.0 Å². The summed E-state index contributed by atoms with van der Waals surface area (Å²) in [5.41, 5.74) is 7.03. The molecule has 96 valence electrons. The molecule has 0 aromatic carbocycles. The van der Waals surface area contributed by atoms with Crippen molar-refractivity contribution in [3.05, 3.63) is 22.3 Å². The highest BCUT2D eigenvalue weighted by atomic mass is 35.5. The van der Waals surface area contributed by atoms with Crippen LogP contribution in [0.3, 0.4) is 0 Å². The molecular formula is C12H20ClN3O. The fraction of sp³-hybridized carbons (Fsp3) is 0.583. The van der Waals surface area contributed by atoms with Crippen molar-refractivity contribution in [3.8, 4) is 0 Å². The van der Waals surface area contributed by atoms with E-state index in [4.69, 9.17) is 17.3 Å². The second kappa shape index (κ2) is 6.19. The van der Waals surface area contributed by atoms with Gasteiger partial charge >= 0.3 is 0 Å². The molecule has 4 nitrogen and oxygen atoms in total. The Kier molecular flexibility index (Phi) is 5.18. The van der Waals surface area contributed by atoms with Gasteiger partial charge in [0, 0.05) is 17.8 Å². The second-order valence-electron chi connectivity index (χ2n) is 4.60. The van der Waals surface area contributed by atoms with Crippen LogP contribution in [0.25, 0.3) is 0 Å². The smallest absolute Gasteiger partial charge is 0.142 e. The Morgan fingerprint density at radius 2 is 2.12 bits per heavy atom. The van der Waals surface area contributed by atoms with Gasteiger partial charge in [0.05, 0.1) is 11.1 Å². The maximum atomic E-state index is 10.0. The first kappa shape index (κ1) is 14.2. The molecule has 4 N–H and O–H groups in total. The van der Waals surface area contributed by atoms with Gasteiger partial charge in [-0.2, -0.15) is 0 Å². The third-order valence-corrected chi connectivity index (χ3v) is 2.78. The lowest BCUT2D eigenvalue weighted by atomic mass is 10.1. The van der Waals surface area contributed by atoms with E-state index in [1.165, 1.54) is 0 Å². The zero-order valence-corrected chi connectivity index (χ0v) is 11.3. The number of aromatic nitrogens is 1. The molecule has 0 bridgehead atoms. The van der Waals surface area contributed by atoms with Crippen molar-refractivity contribution in [2.24, 2.45) is 5.92 Å². The molecule has 0 unspecified atom stereocenters. The molecule has 0 fully saturated rings. The average molecular weight is 258 g/mol. The van der Waals surface area contributed by atoms with Crippen LogP contribution in [-0.2, 0) is 0 Å². The molecule has 0 aliphatic carbocycles. The standard InChI is InChI=1S/C12H20ClN3O/c1-7(2)5-15-6-11(17)9-4-10(13)12(14)16-8(9)3/h4,7,11,15,17H,5-6H2,1-3H3,(H2,14,16)/t11-/m0/s1. The van der Waals surface area contributed by atoms with Crippen molar-refractivity contribution in [1.29, 1.82) is 0 Å². The maximum absolute atomic E-state index is 10.0. The van der Waals surface area contributed by atoms with Gasteiger partial charge in [0.1, 0.15) is 5.82 Å². The third-order valence-electron chi connectivity index (χ3n) is 2.48. The third kappa shape index (κ3) is 4.15. The Hall–Kier alpha value is -0.840. The fourth-order valence-electron chi connectivity index (χ4n) is 1.57. The second-order valence-corrected chi connectivity index (χ2v) is 5.01. The van der Waals surface area contributed by atoms with E-state index in [1.807, 2.05) is 6.92 Å². The van der Waals surface area contributed by atoms with Crippen LogP contribution < -0.4 is 11.1 Å². The van der Waals surface area contributed by atoms with Crippen molar-refractivity contribution in [3.63, 3.8) is 0 Å². The molecule has 17 heavy (non-hydrogen) atoms. The average Bonchev–Trinajstić information content (AvgIpc) is 2.22.